The number of aromatic nitrogens is 1. The fourth-order valence-electron chi connectivity index (χ4n) is 1.87. The first kappa shape index (κ1) is 18.0. The van der Waals surface area contributed by atoms with Crippen molar-refractivity contribution >= 4 is 21.8 Å². The molecule has 120 valence electrons. The molecule has 0 atom stereocenters. The van der Waals surface area contributed by atoms with Crippen LogP contribution in [0.15, 0.2) is 16.7 Å². The standard InChI is InChI=1S/C13H18BrF3N2O2/c1-3-21-6-4-5-19(9-13(15,16)17)12(20)11-7-10(14)8-18(11)2/h7-8H,3-6,9H2,1-2H3. The number of carbonyl (C=O) groups excluding carboxylic acids is 1. The third kappa shape index (κ3) is 6.09. The summed E-state index contributed by atoms with van der Waals surface area (Å²) >= 11 is 3.20. The van der Waals surface area contributed by atoms with Crippen LogP contribution < -0.4 is 0 Å². The highest BCUT2D eigenvalue weighted by Crippen LogP contribution is 2.20. The predicted molar refractivity (Wildman–Crippen MR) is 76.2 cm³/mol. The van der Waals surface area contributed by atoms with Crippen molar-refractivity contribution in [1.82, 2.24) is 9.47 Å². The van der Waals surface area contributed by atoms with Gasteiger partial charge in [-0.2, -0.15) is 13.2 Å². The van der Waals surface area contributed by atoms with E-state index >= 15 is 0 Å². The summed E-state index contributed by atoms with van der Waals surface area (Å²) in [7, 11) is 1.62. The minimum atomic E-state index is -4.43. The van der Waals surface area contributed by atoms with Gasteiger partial charge in [-0.1, -0.05) is 0 Å². The minimum absolute atomic E-state index is 0.00113. The second-order valence-corrected chi connectivity index (χ2v) is 5.46. The van der Waals surface area contributed by atoms with Crippen LogP contribution >= 0.6 is 15.9 Å². The Kier molecular flexibility index (Phi) is 6.73. The number of nitrogens with zero attached hydrogens (tertiary/aromatic N) is 2. The van der Waals surface area contributed by atoms with Gasteiger partial charge >= 0.3 is 6.18 Å². The number of carbonyl (C=O) groups is 1. The Hall–Kier alpha value is -1.02. The minimum Gasteiger partial charge on any atom is -0.382 e. The monoisotopic (exact) mass is 370 g/mol. The van der Waals surface area contributed by atoms with Crippen molar-refractivity contribution in [2.75, 3.05) is 26.3 Å². The van der Waals surface area contributed by atoms with E-state index in [-0.39, 0.29) is 12.2 Å². The first-order valence-electron chi connectivity index (χ1n) is 6.50. The highest BCUT2D eigenvalue weighted by Gasteiger charge is 2.33. The fraction of sp³-hybridized carbons (Fsp3) is 0.615. The summed E-state index contributed by atoms with van der Waals surface area (Å²) < 4.78 is 45.1. The molecule has 1 heterocycles. The average Bonchev–Trinajstić information content (AvgIpc) is 2.70. The van der Waals surface area contributed by atoms with Gasteiger partial charge in [-0.15, -0.1) is 0 Å². The van der Waals surface area contributed by atoms with Gasteiger partial charge in [-0.3, -0.25) is 4.79 Å². The van der Waals surface area contributed by atoms with Crippen molar-refractivity contribution in [3.8, 4) is 0 Å². The first-order valence-corrected chi connectivity index (χ1v) is 7.29. The zero-order valence-electron chi connectivity index (χ0n) is 11.9. The zero-order valence-corrected chi connectivity index (χ0v) is 13.5. The molecule has 0 bridgehead atoms. The molecule has 0 aliphatic rings. The number of ether oxygens (including phenoxy) is 1. The lowest BCUT2D eigenvalue weighted by Gasteiger charge is -2.24. The normalized spacial score (nSPS) is 11.7. The summed E-state index contributed by atoms with van der Waals surface area (Å²) in [4.78, 5) is 13.1. The maximum absolute atomic E-state index is 12.6. The van der Waals surface area contributed by atoms with Crippen LogP contribution in [0, 0.1) is 0 Å². The molecule has 1 aromatic heterocycles. The SMILES string of the molecule is CCOCCCN(CC(F)(F)F)C(=O)c1cc(Br)cn1C. The topological polar surface area (TPSA) is 34.5 Å². The van der Waals surface area contributed by atoms with Crippen molar-refractivity contribution in [3.63, 3.8) is 0 Å². The second kappa shape index (κ2) is 7.84. The van der Waals surface area contributed by atoms with Gasteiger partial charge in [-0.25, -0.2) is 0 Å². The largest absolute Gasteiger partial charge is 0.406 e. The highest BCUT2D eigenvalue weighted by molar-refractivity contribution is 9.10. The van der Waals surface area contributed by atoms with Crippen molar-refractivity contribution < 1.29 is 22.7 Å². The van der Waals surface area contributed by atoms with Crippen LogP contribution in [0.3, 0.4) is 0 Å². The fourth-order valence-corrected chi connectivity index (χ4v) is 2.39. The van der Waals surface area contributed by atoms with Crippen LogP contribution in [0.25, 0.3) is 0 Å². The van der Waals surface area contributed by atoms with E-state index in [0.717, 1.165) is 4.90 Å². The van der Waals surface area contributed by atoms with E-state index in [1.54, 1.807) is 20.2 Å². The molecule has 0 radical (unpaired) electrons. The molecule has 8 heteroatoms. The van der Waals surface area contributed by atoms with Gasteiger partial charge in [0.2, 0.25) is 0 Å². The third-order valence-electron chi connectivity index (χ3n) is 2.77. The number of amides is 1. The van der Waals surface area contributed by atoms with Crippen molar-refractivity contribution in [2.45, 2.75) is 19.5 Å². The number of alkyl halides is 3. The smallest absolute Gasteiger partial charge is 0.382 e. The Balaban J connectivity index is 2.79. The summed E-state index contributed by atoms with van der Waals surface area (Å²) in [6, 6.07) is 1.51. The number of rotatable bonds is 7. The lowest BCUT2D eigenvalue weighted by atomic mass is 10.3. The Morgan fingerprint density at radius 2 is 2.14 bits per heavy atom. The van der Waals surface area contributed by atoms with Gasteiger partial charge in [0, 0.05) is 37.5 Å². The van der Waals surface area contributed by atoms with E-state index in [1.165, 1.54) is 10.6 Å². The molecule has 0 fully saturated rings. The van der Waals surface area contributed by atoms with Gasteiger partial charge < -0.3 is 14.2 Å². The van der Waals surface area contributed by atoms with Crippen LogP contribution in [-0.4, -0.2) is 47.9 Å². The predicted octanol–water partition coefficient (Wildman–Crippen LogP) is 3.22. The van der Waals surface area contributed by atoms with E-state index < -0.39 is 18.6 Å². The molecule has 21 heavy (non-hydrogen) atoms. The van der Waals surface area contributed by atoms with Gasteiger partial charge in [0.25, 0.3) is 5.91 Å². The van der Waals surface area contributed by atoms with Crippen LogP contribution in [-0.2, 0) is 11.8 Å². The third-order valence-corrected chi connectivity index (χ3v) is 3.20. The van der Waals surface area contributed by atoms with Gasteiger partial charge in [0.05, 0.1) is 0 Å². The molecule has 1 aromatic rings. The van der Waals surface area contributed by atoms with E-state index in [0.29, 0.717) is 24.1 Å². The summed E-state index contributed by atoms with van der Waals surface area (Å²) in [5.41, 5.74) is 0.211. The molecule has 0 unspecified atom stereocenters. The molecular formula is C13H18BrF3N2O2. The number of aryl methyl sites for hydroxylation is 1. The average molecular weight is 371 g/mol. The van der Waals surface area contributed by atoms with Crippen LogP contribution in [0.5, 0.6) is 0 Å². The Labute approximate surface area is 130 Å². The summed E-state index contributed by atoms with van der Waals surface area (Å²) in [5, 5.41) is 0. The zero-order chi connectivity index (χ0) is 16.0. The molecule has 0 saturated heterocycles. The molecule has 0 spiro atoms. The highest BCUT2D eigenvalue weighted by atomic mass is 79.9. The lowest BCUT2D eigenvalue weighted by molar-refractivity contribution is -0.141. The van der Waals surface area contributed by atoms with E-state index in [2.05, 4.69) is 15.9 Å². The lowest BCUT2D eigenvalue weighted by Crippen LogP contribution is -2.40. The molecular weight excluding hydrogens is 353 g/mol. The van der Waals surface area contributed by atoms with E-state index in [1.807, 2.05) is 0 Å². The Bertz CT molecular complexity index is 474. The van der Waals surface area contributed by atoms with Crippen LogP contribution in [0.4, 0.5) is 13.2 Å². The molecule has 0 saturated carbocycles. The molecule has 0 N–H and O–H groups in total. The number of hydrogen-bond acceptors (Lipinski definition) is 2. The number of halogens is 4. The van der Waals surface area contributed by atoms with Gasteiger partial charge in [-0.05, 0) is 35.3 Å². The van der Waals surface area contributed by atoms with E-state index in [4.69, 9.17) is 4.74 Å². The van der Waals surface area contributed by atoms with Crippen molar-refractivity contribution in [2.24, 2.45) is 7.05 Å². The summed E-state index contributed by atoms with van der Waals surface area (Å²) in [6.45, 7) is 1.37. The molecule has 0 aliphatic carbocycles. The molecule has 0 aliphatic heterocycles. The molecule has 0 aromatic carbocycles. The second-order valence-electron chi connectivity index (χ2n) is 4.55. The molecule has 1 amide bonds. The first-order chi connectivity index (χ1) is 9.74. The van der Waals surface area contributed by atoms with Crippen LogP contribution in [0.1, 0.15) is 23.8 Å². The van der Waals surface area contributed by atoms with Gasteiger partial charge in [0.15, 0.2) is 0 Å². The number of hydrogen-bond donors (Lipinski definition) is 0. The Morgan fingerprint density at radius 3 is 2.62 bits per heavy atom. The Morgan fingerprint density at radius 1 is 1.48 bits per heavy atom. The molecule has 4 nitrogen and oxygen atoms in total. The van der Waals surface area contributed by atoms with Crippen molar-refractivity contribution in [1.29, 1.82) is 0 Å². The molecule has 1 rings (SSSR count). The van der Waals surface area contributed by atoms with E-state index in [9.17, 15) is 18.0 Å². The summed E-state index contributed by atoms with van der Waals surface area (Å²) in [5.74, 6) is -0.642. The maximum atomic E-state index is 12.6. The van der Waals surface area contributed by atoms with Crippen LogP contribution in [0.2, 0.25) is 0 Å². The summed E-state index contributed by atoms with van der Waals surface area (Å²) in [6.07, 6.45) is -2.44. The van der Waals surface area contributed by atoms with Crippen molar-refractivity contribution in [3.05, 3.63) is 22.4 Å². The quantitative estimate of drug-likeness (QED) is 0.690. The maximum Gasteiger partial charge on any atom is 0.406 e. The van der Waals surface area contributed by atoms with Gasteiger partial charge in [0.1, 0.15) is 12.2 Å².